The molecule has 2 aromatic rings. The third-order valence-electron chi connectivity index (χ3n) is 3.66. The van der Waals surface area contributed by atoms with Gasteiger partial charge >= 0.3 is 5.97 Å². The molecule has 0 atom stereocenters. The maximum Gasteiger partial charge on any atom is 0.337 e. The molecule has 7 nitrogen and oxygen atoms in total. The Labute approximate surface area is 153 Å². The van der Waals surface area contributed by atoms with Gasteiger partial charge in [-0.15, -0.1) is 0 Å². The number of ether oxygens (including phenoxy) is 3. The summed E-state index contributed by atoms with van der Waals surface area (Å²) in [7, 11) is 2.21. The van der Waals surface area contributed by atoms with Crippen LogP contribution in [0.25, 0.3) is 0 Å². The summed E-state index contributed by atoms with van der Waals surface area (Å²) >= 11 is 0. The lowest BCUT2D eigenvalue weighted by Gasteiger charge is -2.14. The lowest BCUT2D eigenvalue weighted by Crippen LogP contribution is -2.22. The van der Waals surface area contributed by atoms with Crippen molar-refractivity contribution in [3.8, 4) is 11.5 Å². The first-order valence-corrected chi connectivity index (χ1v) is 9.14. The lowest BCUT2D eigenvalue weighted by molar-refractivity contribution is 0.0600. The predicted octanol–water partition coefficient (Wildman–Crippen LogP) is 2.31. The van der Waals surface area contributed by atoms with Crippen LogP contribution in [0.1, 0.15) is 15.9 Å². The van der Waals surface area contributed by atoms with E-state index in [4.69, 9.17) is 9.47 Å². The molecule has 0 fully saturated rings. The number of benzene rings is 2. The first kappa shape index (κ1) is 19.7. The maximum atomic E-state index is 12.2. The fraction of sp³-hybridized carbons (Fsp3) is 0.278. The van der Waals surface area contributed by atoms with Crippen LogP contribution in [-0.2, 0) is 21.4 Å². The van der Waals surface area contributed by atoms with E-state index >= 15 is 0 Å². The predicted molar refractivity (Wildman–Crippen MR) is 96.0 cm³/mol. The van der Waals surface area contributed by atoms with Crippen molar-refractivity contribution < 1.29 is 27.4 Å². The van der Waals surface area contributed by atoms with Gasteiger partial charge in [-0.3, -0.25) is 0 Å². The molecule has 2 rings (SSSR count). The van der Waals surface area contributed by atoms with Gasteiger partial charge in [0.15, 0.2) is 11.5 Å². The number of nitrogens with zero attached hydrogens (tertiary/aromatic N) is 1. The van der Waals surface area contributed by atoms with Gasteiger partial charge < -0.3 is 14.2 Å². The summed E-state index contributed by atoms with van der Waals surface area (Å²) in [4.78, 5) is 11.8. The van der Waals surface area contributed by atoms with Crippen molar-refractivity contribution in [2.24, 2.45) is 0 Å². The van der Waals surface area contributed by atoms with Crippen LogP contribution in [0.4, 0.5) is 0 Å². The summed E-state index contributed by atoms with van der Waals surface area (Å²) in [5, 5.41) is 0. The van der Waals surface area contributed by atoms with Gasteiger partial charge in [0.25, 0.3) is 0 Å². The Morgan fingerprint density at radius 1 is 1.04 bits per heavy atom. The van der Waals surface area contributed by atoms with Crippen molar-refractivity contribution in [2.45, 2.75) is 11.5 Å². The summed E-state index contributed by atoms with van der Waals surface area (Å²) in [6, 6.07) is 11.2. The molecule has 0 aliphatic carbocycles. The molecule has 0 radical (unpaired) electrons. The zero-order valence-corrected chi connectivity index (χ0v) is 15.9. The number of hydrogen-bond donors (Lipinski definition) is 0. The van der Waals surface area contributed by atoms with Crippen molar-refractivity contribution in [2.75, 3.05) is 28.3 Å². The average molecular weight is 379 g/mol. The molecule has 0 amide bonds. The maximum absolute atomic E-state index is 12.2. The van der Waals surface area contributed by atoms with Gasteiger partial charge in [0, 0.05) is 14.1 Å². The van der Waals surface area contributed by atoms with E-state index in [9.17, 15) is 13.2 Å². The minimum atomic E-state index is -3.51. The molecule has 0 saturated carbocycles. The molecule has 0 aromatic heterocycles. The lowest BCUT2D eigenvalue weighted by atomic mass is 10.2. The van der Waals surface area contributed by atoms with Crippen LogP contribution in [0.2, 0.25) is 0 Å². The number of hydrogen-bond acceptors (Lipinski definition) is 6. The smallest absolute Gasteiger partial charge is 0.337 e. The Morgan fingerprint density at radius 3 is 2.38 bits per heavy atom. The first-order chi connectivity index (χ1) is 12.3. The van der Waals surface area contributed by atoms with E-state index in [1.165, 1.54) is 40.4 Å². The highest BCUT2D eigenvalue weighted by molar-refractivity contribution is 7.89. The number of carbonyl (C=O) groups excluding carboxylic acids is 1. The number of rotatable bonds is 7. The summed E-state index contributed by atoms with van der Waals surface area (Å²) in [5.41, 5.74) is 1.03. The Bertz CT molecular complexity index is 892. The molecule has 0 aliphatic rings. The molecule has 0 N–H and O–H groups in total. The van der Waals surface area contributed by atoms with Crippen molar-refractivity contribution >= 4 is 16.0 Å². The SMILES string of the molecule is COC(=O)c1ccc(OCc2cccc(S(=O)(=O)N(C)C)c2)c(OC)c1. The molecule has 140 valence electrons. The van der Waals surface area contributed by atoms with Gasteiger partial charge in [0.05, 0.1) is 24.7 Å². The molecule has 0 heterocycles. The number of esters is 1. The summed E-state index contributed by atoms with van der Waals surface area (Å²) in [6.07, 6.45) is 0. The molecule has 26 heavy (non-hydrogen) atoms. The summed E-state index contributed by atoms with van der Waals surface area (Å²) in [5.74, 6) is 0.336. The van der Waals surface area contributed by atoms with E-state index in [-0.39, 0.29) is 11.5 Å². The molecule has 0 saturated heterocycles. The third-order valence-corrected chi connectivity index (χ3v) is 5.47. The zero-order chi connectivity index (χ0) is 19.3. The standard InChI is InChI=1S/C18H21NO6S/c1-19(2)26(21,22)15-7-5-6-13(10-15)12-25-16-9-8-14(18(20)24-4)11-17(16)23-3/h5-11H,12H2,1-4H3. The van der Waals surface area contributed by atoms with Crippen LogP contribution >= 0.6 is 0 Å². The van der Waals surface area contributed by atoms with Crippen LogP contribution in [0.3, 0.4) is 0 Å². The van der Waals surface area contributed by atoms with E-state index in [1.807, 2.05) is 0 Å². The van der Waals surface area contributed by atoms with Gasteiger partial charge in [-0.2, -0.15) is 0 Å². The van der Waals surface area contributed by atoms with E-state index in [0.29, 0.717) is 22.6 Å². The van der Waals surface area contributed by atoms with Gasteiger partial charge in [-0.05, 0) is 35.9 Å². The van der Waals surface area contributed by atoms with E-state index in [1.54, 1.807) is 30.3 Å². The Kier molecular flexibility index (Phi) is 6.23. The molecule has 2 aromatic carbocycles. The largest absolute Gasteiger partial charge is 0.493 e. The molecule has 8 heteroatoms. The van der Waals surface area contributed by atoms with Crippen LogP contribution in [0, 0.1) is 0 Å². The molecule has 0 aliphatic heterocycles. The van der Waals surface area contributed by atoms with Gasteiger partial charge in [-0.1, -0.05) is 12.1 Å². The van der Waals surface area contributed by atoms with Gasteiger partial charge in [0.1, 0.15) is 6.61 Å². The normalized spacial score (nSPS) is 11.3. The van der Waals surface area contributed by atoms with Crippen LogP contribution in [-0.4, -0.2) is 47.0 Å². The van der Waals surface area contributed by atoms with Crippen molar-refractivity contribution in [1.29, 1.82) is 0 Å². The second kappa shape index (κ2) is 8.20. The minimum Gasteiger partial charge on any atom is -0.493 e. The first-order valence-electron chi connectivity index (χ1n) is 7.70. The van der Waals surface area contributed by atoms with Crippen LogP contribution in [0.5, 0.6) is 11.5 Å². The van der Waals surface area contributed by atoms with Gasteiger partial charge in [0.2, 0.25) is 10.0 Å². The van der Waals surface area contributed by atoms with E-state index in [2.05, 4.69) is 4.74 Å². The zero-order valence-electron chi connectivity index (χ0n) is 15.1. The van der Waals surface area contributed by atoms with E-state index < -0.39 is 16.0 Å². The Balaban J connectivity index is 2.20. The van der Waals surface area contributed by atoms with Crippen molar-refractivity contribution in [1.82, 2.24) is 4.31 Å². The number of carbonyl (C=O) groups is 1. The summed E-state index contributed by atoms with van der Waals surface area (Å²) in [6.45, 7) is 0.144. The highest BCUT2D eigenvalue weighted by Crippen LogP contribution is 2.29. The number of sulfonamides is 1. The minimum absolute atomic E-state index is 0.144. The number of methoxy groups -OCH3 is 2. The van der Waals surface area contributed by atoms with Crippen molar-refractivity contribution in [3.63, 3.8) is 0 Å². The van der Waals surface area contributed by atoms with Crippen LogP contribution in [0.15, 0.2) is 47.4 Å². The fourth-order valence-corrected chi connectivity index (χ4v) is 3.17. The highest BCUT2D eigenvalue weighted by atomic mass is 32.2. The quantitative estimate of drug-likeness (QED) is 0.687. The van der Waals surface area contributed by atoms with Crippen molar-refractivity contribution in [3.05, 3.63) is 53.6 Å². The monoisotopic (exact) mass is 379 g/mol. The molecular formula is C18H21NO6S. The average Bonchev–Trinajstić information content (AvgIpc) is 2.65. The topological polar surface area (TPSA) is 82.1 Å². The fourth-order valence-electron chi connectivity index (χ4n) is 2.20. The van der Waals surface area contributed by atoms with Crippen LogP contribution < -0.4 is 9.47 Å². The third kappa shape index (κ3) is 4.33. The highest BCUT2D eigenvalue weighted by Gasteiger charge is 2.17. The molecule has 0 bridgehead atoms. The van der Waals surface area contributed by atoms with E-state index in [0.717, 1.165) is 4.31 Å². The Morgan fingerprint density at radius 2 is 1.77 bits per heavy atom. The molecular weight excluding hydrogens is 358 g/mol. The second-order valence-corrected chi connectivity index (χ2v) is 7.73. The molecule has 0 spiro atoms. The summed E-state index contributed by atoms with van der Waals surface area (Å²) < 4.78 is 41.2. The Hall–Kier alpha value is -2.58. The molecule has 0 unspecified atom stereocenters. The second-order valence-electron chi connectivity index (χ2n) is 5.58. The van der Waals surface area contributed by atoms with Gasteiger partial charge in [-0.25, -0.2) is 17.5 Å².